The van der Waals surface area contributed by atoms with Crippen LogP contribution in [0.2, 0.25) is 0 Å². The predicted molar refractivity (Wildman–Crippen MR) is 99.5 cm³/mol. The molecule has 26 heavy (non-hydrogen) atoms. The number of carbonyl (C=O) groups excluding carboxylic acids is 1. The van der Waals surface area contributed by atoms with Gasteiger partial charge < -0.3 is 14.8 Å². The third-order valence-electron chi connectivity index (χ3n) is 3.62. The molecule has 134 valence electrons. The van der Waals surface area contributed by atoms with Crippen LogP contribution in [-0.4, -0.2) is 28.9 Å². The molecule has 3 rings (SSSR count). The topological polar surface area (TPSA) is 65.4 Å². The lowest BCUT2D eigenvalue weighted by molar-refractivity contribution is -0.118. The Morgan fingerprint density at radius 1 is 1.08 bits per heavy atom. The van der Waals surface area contributed by atoms with Gasteiger partial charge in [0.05, 0.1) is 13.2 Å². The average molecular weight is 351 g/mol. The molecule has 0 aliphatic heterocycles. The van der Waals surface area contributed by atoms with Crippen molar-refractivity contribution in [2.45, 2.75) is 13.5 Å². The van der Waals surface area contributed by atoms with Crippen LogP contribution < -0.4 is 14.8 Å². The van der Waals surface area contributed by atoms with E-state index in [1.165, 1.54) is 0 Å². The van der Waals surface area contributed by atoms with Crippen LogP contribution >= 0.6 is 0 Å². The molecule has 1 aromatic heterocycles. The van der Waals surface area contributed by atoms with Gasteiger partial charge in [0, 0.05) is 18.1 Å². The zero-order valence-corrected chi connectivity index (χ0v) is 14.6. The average Bonchev–Trinajstić information content (AvgIpc) is 3.14. The number of carbonyl (C=O) groups is 1. The van der Waals surface area contributed by atoms with Gasteiger partial charge in [0.2, 0.25) is 0 Å². The third kappa shape index (κ3) is 4.86. The van der Waals surface area contributed by atoms with Gasteiger partial charge in [-0.15, -0.1) is 0 Å². The molecule has 0 atom stereocenters. The summed E-state index contributed by atoms with van der Waals surface area (Å²) in [6.07, 6.45) is 3.64. The Morgan fingerprint density at radius 3 is 2.62 bits per heavy atom. The molecule has 2 aromatic carbocycles. The van der Waals surface area contributed by atoms with Crippen molar-refractivity contribution in [2.24, 2.45) is 0 Å². The first-order valence-electron chi connectivity index (χ1n) is 8.45. The van der Waals surface area contributed by atoms with Gasteiger partial charge in [0.1, 0.15) is 0 Å². The van der Waals surface area contributed by atoms with Crippen molar-refractivity contribution >= 4 is 11.6 Å². The van der Waals surface area contributed by atoms with Crippen LogP contribution in [0.15, 0.2) is 67.0 Å². The summed E-state index contributed by atoms with van der Waals surface area (Å²) in [6, 6.07) is 16.8. The van der Waals surface area contributed by atoms with E-state index in [9.17, 15) is 4.79 Å². The fourth-order valence-electron chi connectivity index (χ4n) is 2.51. The molecule has 0 aliphatic carbocycles. The predicted octanol–water partition coefficient (Wildman–Crippen LogP) is 3.35. The maximum absolute atomic E-state index is 12.2. The molecule has 1 N–H and O–H groups in total. The minimum atomic E-state index is -0.229. The molecule has 6 heteroatoms. The van der Waals surface area contributed by atoms with E-state index in [0.29, 0.717) is 24.7 Å². The normalized spacial score (nSPS) is 10.3. The van der Waals surface area contributed by atoms with Crippen LogP contribution in [0.25, 0.3) is 0 Å². The fourth-order valence-corrected chi connectivity index (χ4v) is 2.51. The summed E-state index contributed by atoms with van der Waals surface area (Å²) in [4.78, 5) is 12.2. The minimum Gasteiger partial charge on any atom is -0.490 e. The Hall–Kier alpha value is -3.28. The summed E-state index contributed by atoms with van der Waals surface area (Å²) in [5, 5.41) is 7.04. The number of hydrogen-bond donors (Lipinski definition) is 1. The lowest BCUT2D eigenvalue weighted by atomic mass is 10.2. The summed E-state index contributed by atoms with van der Waals surface area (Å²) >= 11 is 0. The van der Waals surface area contributed by atoms with E-state index in [0.717, 1.165) is 11.3 Å². The summed E-state index contributed by atoms with van der Waals surface area (Å²) in [5.74, 6) is 0.952. The number of para-hydroxylation sites is 2. The van der Waals surface area contributed by atoms with Crippen LogP contribution in [0.5, 0.6) is 11.5 Å². The standard InChI is InChI=1S/C20H21N3O3/c1-2-25-18-9-3-4-10-19(18)26-15-20(24)22-17-8-5-7-16(13-17)14-23-12-6-11-21-23/h3-13H,2,14-15H2,1H3,(H,22,24). The summed E-state index contributed by atoms with van der Waals surface area (Å²) in [5.41, 5.74) is 1.77. The highest BCUT2D eigenvalue weighted by molar-refractivity contribution is 5.92. The highest BCUT2D eigenvalue weighted by Gasteiger charge is 2.08. The Kier molecular flexibility index (Phi) is 5.88. The molecule has 0 bridgehead atoms. The Morgan fingerprint density at radius 2 is 1.88 bits per heavy atom. The molecule has 0 fully saturated rings. The first-order valence-corrected chi connectivity index (χ1v) is 8.45. The number of amides is 1. The van der Waals surface area contributed by atoms with E-state index >= 15 is 0 Å². The van der Waals surface area contributed by atoms with E-state index < -0.39 is 0 Å². The van der Waals surface area contributed by atoms with Crippen LogP contribution in [0, 0.1) is 0 Å². The molecule has 0 aliphatic rings. The number of hydrogen-bond acceptors (Lipinski definition) is 4. The maximum Gasteiger partial charge on any atom is 0.262 e. The quantitative estimate of drug-likeness (QED) is 0.676. The van der Waals surface area contributed by atoms with Gasteiger partial charge in [-0.05, 0) is 42.8 Å². The van der Waals surface area contributed by atoms with Gasteiger partial charge in [0.15, 0.2) is 18.1 Å². The Labute approximate surface area is 152 Å². The van der Waals surface area contributed by atoms with Crippen molar-refractivity contribution in [2.75, 3.05) is 18.5 Å². The number of nitrogens with one attached hydrogen (secondary N) is 1. The van der Waals surface area contributed by atoms with Gasteiger partial charge in [-0.1, -0.05) is 24.3 Å². The maximum atomic E-state index is 12.2. The molecule has 0 saturated heterocycles. The monoisotopic (exact) mass is 351 g/mol. The zero-order valence-electron chi connectivity index (χ0n) is 14.6. The molecule has 3 aromatic rings. The van der Waals surface area contributed by atoms with E-state index in [1.807, 2.05) is 66.3 Å². The molecule has 1 amide bonds. The summed E-state index contributed by atoms with van der Waals surface area (Å²) in [6.45, 7) is 3.00. The Bertz CT molecular complexity index is 847. The molecular formula is C20H21N3O3. The van der Waals surface area contributed by atoms with Crippen molar-refractivity contribution < 1.29 is 14.3 Å². The second-order valence-corrected chi connectivity index (χ2v) is 5.62. The minimum absolute atomic E-state index is 0.0898. The van der Waals surface area contributed by atoms with Gasteiger partial charge in [-0.2, -0.15) is 5.10 Å². The Balaban J connectivity index is 1.57. The van der Waals surface area contributed by atoms with E-state index in [2.05, 4.69) is 10.4 Å². The first-order chi connectivity index (χ1) is 12.7. The van der Waals surface area contributed by atoms with Gasteiger partial charge in [-0.3, -0.25) is 9.48 Å². The second-order valence-electron chi connectivity index (χ2n) is 5.62. The summed E-state index contributed by atoms with van der Waals surface area (Å²) in [7, 11) is 0. The van der Waals surface area contributed by atoms with Crippen molar-refractivity contribution in [3.8, 4) is 11.5 Å². The van der Waals surface area contributed by atoms with Crippen LogP contribution in [0.4, 0.5) is 5.69 Å². The number of aromatic nitrogens is 2. The lowest BCUT2D eigenvalue weighted by Gasteiger charge is -2.12. The van der Waals surface area contributed by atoms with Gasteiger partial charge in [0.25, 0.3) is 5.91 Å². The van der Waals surface area contributed by atoms with Crippen molar-refractivity contribution in [1.82, 2.24) is 9.78 Å². The molecule has 0 spiro atoms. The number of benzene rings is 2. The van der Waals surface area contributed by atoms with Crippen LogP contribution in [0.3, 0.4) is 0 Å². The van der Waals surface area contributed by atoms with Crippen molar-refractivity contribution in [1.29, 1.82) is 0 Å². The second kappa shape index (κ2) is 8.71. The van der Waals surface area contributed by atoms with E-state index in [4.69, 9.17) is 9.47 Å². The van der Waals surface area contributed by atoms with Crippen molar-refractivity contribution in [3.05, 3.63) is 72.6 Å². The number of rotatable bonds is 8. The van der Waals surface area contributed by atoms with Gasteiger partial charge in [-0.25, -0.2) is 0 Å². The molecule has 0 saturated carbocycles. The summed E-state index contributed by atoms with van der Waals surface area (Å²) < 4.78 is 12.9. The van der Waals surface area contributed by atoms with E-state index in [-0.39, 0.29) is 12.5 Å². The fraction of sp³-hybridized carbons (Fsp3) is 0.200. The lowest BCUT2D eigenvalue weighted by Crippen LogP contribution is -2.20. The largest absolute Gasteiger partial charge is 0.490 e. The van der Waals surface area contributed by atoms with E-state index in [1.54, 1.807) is 12.3 Å². The van der Waals surface area contributed by atoms with Crippen molar-refractivity contribution in [3.63, 3.8) is 0 Å². The van der Waals surface area contributed by atoms with Gasteiger partial charge >= 0.3 is 0 Å². The highest BCUT2D eigenvalue weighted by atomic mass is 16.5. The molecule has 1 heterocycles. The smallest absolute Gasteiger partial charge is 0.262 e. The number of nitrogens with zero attached hydrogens (tertiary/aromatic N) is 2. The molecule has 0 radical (unpaired) electrons. The van der Waals surface area contributed by atoms with Crippen LogP contribution in [0.1, 0.15) is 12.5 Å². The molecule has 6 nitrogen and oxygen atoms in total. The number of anilines is 1. The highest BCUT2D eigenvalue weighted by Crippen LogP contribution is 2.26. The SMILES string of the molecule is CCOc1ccccc1OCC(=O)Nc1cccc(Cn2cccn2)c1. The third-order valence-corrected chi connectivity index (χ3v) is 3.62. The molecule has 0 unspecified atom stereocenters. The zero-order chi connectivity index (χ0) is 18.2. The molecular weight excluding hydrogens is 330 g/mol. The van der Waals surface area contributed by atoms with Crippen LogP contribution in [-0.2, 0) is 11.3 Å². The number of ether oxygens (including phenoxy) is 2. The first kappa shape index (κ1) is 17.5.